The van der Waals surface area contributed by atoms with Gasteiger partial charge in [0.05, 0.1) is 31.3 Å². The van der Waals surface area contributed by atoms with E-state index in [1.807, 2.05) is 4.90 Å². The van der Waals surface area contributed by atoms with Crippen LogP contribution in [0.3, 0.4) is 0 Å². The normalized spacial score (nSPS) is 16.8. The van der Waals surface area contributed by atoms with Gasteiger partial charge in [-0.25, -0.2) is 8.42 Å². The van der Waals surface area contributed by atoms with Crippen LogP contribution in [0.5, 0.6) is 5.88 Å². The molecule has 0 saturated carbocycles. The number of nitrogens with zero attached hydrogens (tertiary/aromatic N) is 2. The molecular weight excluding hydrogens is 517 g/mol. The van der Waals surface area contributed by atoms with Gasteiger partial charge in [0.25, 0.3) is 5.91 Å². The molecule has 1 saturated heterocycles. The van der Waals surface area contributed by atoms with Crippen LogP contribution in [0.2, 0.25) is 25.2 Å². The topological polar surface area (TPSA) is 121 Å². The number of carbonyl (C=O) groups excluding carboxylic acids is 1. The van der Waals surface area contributed by atoms with Gasteiger partial charge in [0.2, 0.25) is 15.9 Å². The average molecular weight is 547 g/mol. The Morgan fingerprint density at radius 1 is 1.22 bits per heavy atom. The molecule has 1 atom stereocenters. The van der Waals surface area contributed by atoms with Gasteiger partial charge in [-0.1, -0.05) is 19.2 Å². The van der Waals surface area contributed by atoms with Crippen LogP contribution in [0, 0.1) is 0 Å². The molecule has 36 heavy (non-hydrogen) atoms. The van der Waals surface area contributed by atoms with E-state index in [0.717, 1.165) is 31.4 Å². The molecule has 1 aromatic carbocycles. The van der Waals surface area contributed by atoms with Crippen LogP contribution in [0.25, 0.3) is 0 Å². The largest absolute Gasteiger partial charge is 0.474 e. The summed E-state index contributed by atoms with van der Waals surface area (Å²) in [5.41, 5.74) is 1.17. The van der Waals surface area contributed by atoms with E-state index in [1.54, 1.807) is 6.07 Å². The van der Waals surface area contributed by atoms with Crippen molar-refractivity contribution in [2.45, 2.75) is 37.5 Å². The maximum absolute atomic E-state index is 13.2. The number of hydrogen-bond acceptors (Lipinski definition) is 7. The van der Waals surface area contributed by atoms with Gasteiger partial charge in [-0.2, -0.15) is 18.2 Å². The molecule has 1 aliphatic heterocycles. The molecule has 0 bridgehead atoms. The van der Waals surface area contributed by atoms with Crippen molar-refractivity contribution in [1.29, 1.82) is 0 Å². The van der Waals surface area contributed by atoms with E-state index in [4.69, 9.17) is 9.84 Å². The number of halogens is 3. The van der Waals surface area contributed by atoms with Crippen LogP contribution in [-0.2, 0) is 10.0 Å². The highest BCUT2D eigenvalue weighted by atomic mass is 32.2. The highest BCUT2D eigenvalue weighted by molar-refractivity contribution is 7.92. The lowest BCUT2D eigenvalue weighted by atomic mass is 10.1. The first-order valence-electron chi connectivity index (χ1n) is 11.2. The molecule has 3 N–H and O–H groups in total. The number of aromatic nitrogens is 1. The van der Waals surface area contributed by atoms with Crippen molar-refractivity contribution in [3.63, 3.8) is 0 Å². The molecule has 14 heteroatoms. The predicted octanol–water partition coefficient (Wildman–Crippen LogP) is 3.54. The fraction of sp³-hybridized carbons (Fsp3) is 0.455. The van der Waals surface area contributed by atoms with Gasteiger partial charge in [0.15, 0.2) is 6.10 Å². The molecule has 0 unspecified atom stereocenters. The fourth-order valence-electron chi connectivity index (χ4n) is 3.62. The maximum Gasteiger partial charge on any atom is 0.417 e. The van der Waals surface area contributed by atoms with Gasteiger partial charge in [-0.05, 0) is 36.4 Å². The summed E-state index contributed by atoms with van der Waals surface area (Å²) in [6, 6.07) is 10.8. The number of hydrogen-bond donors (Lipinski definition) is 3. The second kappa shape index (κ2) is 10.6. The van der Waals surface area contributed by atoms with Crippen LogP contribution in [0.15, 0.2) is 36.4 Å². The highest BCUT2D eigenvalue weighted by Crippen LogP contribution is 2.32. The summed E-state index contributed by atoms with van der Waals surface area (Å²) in [6.45, 7) is 5.01. The molecule has 9 nitrogen and oxygen atoms in total. The summed E-state index contributed by atoms with van der Waals surface area (Å²) in [5, 5.41) is 11.7. The van der Waals surface area contributed by atoms with Crippen molar-refractivity contribution in [1.82, 2.24) is 4.98 Å². The molecule has 0 spiro atoms. The monoisotopic (exact) mass is 546 g/mol. The quantitative estimate of drug-likeness (QED) is 0.433. The molecule has 198 valence electrons. The molecule has 3 rings (SSSR count). The number of aliphatic hydroxyl groups excluding tert-OH is 1. The molecule has 0 radical (unpaired) electrons. The Labute approximate surface area is 208 Å². The predicted molar refractivity (Wildman–Crippen MR) is 134 cm³/mol. The van der Waals surface area contributed by atoms with E-state index in [-0.39, 0.29) is 17.3 Å². The van der Waals surface area contributed by atoms with E-state index in [9.17, 15) is 26.4 Å². The van der Waals surface area contributed by atoms with Crippen LogP contribution in [0.4, 0.5) is 30.4 Å². The van der Waals surface area contributed by atoms with Crippen LogP contribution in [0.1, 0.15) is 10.4 Å². The number of ether oxygens (including phenoxy) is 1. The average Bonchev–Trinajstić information content (AvgIpc) is 2.76. The summed E-state index contributed by atoms with van der Waals surface area (Å²) in [7, 11) is -4.85. The second-order valence-electron chi connectivity index (χ2n) is 9.44. The first kappa shape index (κ1) is 27.7. The summed E-state index contributed by atoms with van der Waals surface area (Å²) in [5.74, 6) is -0.694. The number of anilines is 3. The molecule has 2 heterocycles. The summed E-state index contributed by atoms with van der Waals surface area (Å²) in [6.07, 6.45) is -6.46. The Hall–Kier alpha value is -2.84. The molecule has 1 aliphatic rings. The van der Waals surface area contributed by atoms with Gasteiger partial charge in [-0.3, -0.25) is 9.52 Å². The number of benzene rings is 1. The number of amides is 1. The molecule has 1 aromatic heterocycles. The van der Waals surface area contributed by atoms with Crippen molar-refractivity contribution in [3.05, 3.63) is 42.0 Å². The standard InChI is InChI=1S/C22H29F3N4O5SSi/c1-35(32,33)28-15-7-8-16(17(13-15)29-9-11-36(2,3)12-10-29)21(31)27-19-5-4-6-20(26-19)34-14-18(30)22(23,24)25/h4-8,13,18,28,30H,9-12,14H2,1-3H3,(H,26,27,31)/t18-/m1/s1. The number of rotatable bonds is 8. The van der Waals surface area contributed by atoms with Crippen LogP contribution < -0.4 is 19.7 Å². The summed E-state index contributed by atoms with van der Waals surface area (Å²) in [4.78, 5) is 19.2. The first-order valence-corrected chi connectivity index (χ1v) is 16.5. The van der Waals surface area contributed by atoms with Gasteiger partial charge < -0.3 is 20.1 Å². The molecule has 2 aromatic rings. The van der Waals surface area contributed by atoms with Gasteiger partial charge >= 0.3 is 6.18 Å². The lowest BCUT2D eigenvalue weighted by molar-refractivity contribution is -0.210. The minimum atomic E-state index is -4.83. The third-order valence-electron chi connectivity index (χ3n) is 5.74. The van der Waals surface area contributed by atoms with E-state index in [2.05, 4.69) is 28.1 Å². The Morgan fingerprint density at radius 3 is 2.50 bits per heavy atom. The number of nitrogens with one attached hydrogen (secondary N) is 2. The minimum Gasteiger partial charge on any atom is -0.474 e. The molecule has 1 amide bonds. The van der Waals surface area contributed by atoms with Crippen LogP contribution >= 0.6 is 0 Å². The van der Waals surface area contributed by atoms with Gasteiger partial charge in [-0.15, -0.1) is 0 Å². The van der Waals surface area contributed by atoms with Gasteiger partial charge in [0.1, 0.15) is 12.4 Å². The maximum atomic E-state index is 13.2. The lowest BCUT2D eigenvalue weighted by Gasteiger charge is -2.38. The Bertz CT molecular complexity index is 1200. The number of pyridine rings is 1. The highest BCUT2D eigenvalue weighted by Gasteiger charge is 2.38. The zero-order valence-corrected chi connectivity index (χ0v) is 21.9. The van der Waals surface area contributed by atoms with Crippen molar-refractivity contribution < 1.29 is 36.2 Å². The SMILES string of the molecule is C[Si]1(C)CCN(c2cc(NS(C)(=O)=O)ccc2C(=O)Nc2cccc(OC[C@@H](O)C(F)(F)F)n2)CC1. The van der Waals surface area contributed by atoms with Crippen molar-refractivity contribution in [2.24, 2.45) is 0 Å². The number of alkyl halides is 3. The van der Waals surface area contributed by atoms with E-state index in [1.165, 1.54) is 30.3 Å². The van der Waals surface area contributed by atoms with E-state index in [0.29, 0.717) is 11.4 Å². The van der Waals surface area contributed by atoms with Crippen molar-refractivity contribution >= 4 is 41.2 Å². The molecule has 0 aliphatic carbocycles. The van der Waals surface area contributed by atoms with Crippen molar-refractivity contribution in [2.75, 3.05) is 40.9 Å². The Morgan fingerprint density at radius 2 is 1.89 bits per heavy atom. The lowest BCUT2D eigenvalue weighted by Crippen LogP contribution is -2.43. The summed E-state index contributed by atoms with van der Waals surface area (Å²) >= 11 is 0. The number of carbonyl (C=O) groups is 1. The molecular formula is C22H29F3N4O5SSi. The molecule has 1 fully saturated rings. The third-order valence-corrected chi connectivity index (χ3v) is 9.50. The third kappa shape index (κ3) is 7.83. The van der Waals surface area contributed by atoms with Gasteiger partial charge in [0, 0.05) is 19.2 Å². The fourth-order valence-corrected chi connectivity index (χ4v) is 6.18. The first-order chi connectivity index (χ1) is 16.6. The Balaban J connectivity index is 1.82. The smallest absolute Gasteiger partial charge is 0.417 e. The Kier molecular flexibility index (Phi) is 8.20. The van der Waals surface area contributed by atoms with Crippen LogP contribution in [-0.4, -0.2) is 70.7 Å². The minimum absolute atomic E-state index is 0.0375. The summed E-state index contributed by atoms with van der Waals surface area (Å²) < 4.78 is 68.3. The second-order valence-corrected chi connectivity index (χ2v) is 16.5. The zero-order chi connectivity index (χ0) is 26.7. The van der Waals surface area contributed by atoms with E-state index < -0.39 is 42.9 Å². The number of sulfonamides is 1. The van der Waals surface area contributed by atoms with E-state index >= 15 is 0 Å². The van der Waals surface area contributed by atoms with Crippen molar-refractivity contribution in [3.8, 4) is 5.88 Å². The number of aliphatic hydroxyl groups is 1. The zero-order valence-electron chi connectivity index (χ0n) is 20.1.